The molecular formula is C17H17BrN6O. The first-order valence-electron chi connectivity index (χ1n) is 8.03. The Hall–Kier alpha value is -2.45. The molecule has 8 heteroatoms. The molecule has 0 bridgehead atoms. The molecule has 0 radical (unpaired) electrons. The number of nitrogens with two attached hydrogens (primary N) is 1. The molecule has 4 rings (SSSR count). The van der Waals surface area contributed by atoms with Crippen LogP contribution in [-0.2, 0) is 0 Å². The third-order valence-electron chi connectivity index (χ3n) is 4.22. The van der Waals surface area contributed by atoms with E-state index < -0.39 is 0 Å². The van der Waals surface area contributed by atoms with E-state index >= 15 is 0 Å². The lowest BCUT2D eigenvalue weighted by atomic mass is 10.2. The van der Waals surface area contributed by atoms with E-state index in [1.807, 2.05) is 24.3 Å². The molecule has 25 heavy (non-hydrogen) atoms. The van der Waals surface area contributed by atoms with Gasteiger partial charge in [-0.2, -0.15) is 4.98 Å². The van der Waals surface area contributed by atoms with Crippen LogP contribution in [0.4, 0.5) is 17.5 Å². The summed E-state index contributed by atoms with van der Waals surface area (Å²) in [6.45, 7) is 1.53. The van der Waals surface area contributed by atoms with E-state index in [4.69, 9.17) is 5.73 Å². The number of fused-ring (bicyclic) bond motifs is 1. The first-order valence-corrected chi connectivity index (χ1v) is 8.82. The number of hydrogen-bond acceptors (Lipinski definition) is 6. The summed E-state index contributed by atoms with van der Waals surface area (Å²) in [5, 5.41) is 3.68. The van der Waals surface area contributed by atoms with Gasteiger partial charge in [-0.15, -0.1) is 0 Å². The Labute approximate surface area is 152 Å². The Kier molecular flexibility index (Phi) is 4.14. The molecule has 1 aliphatic heterocycles. The lowest BCUT2D eigenvalue weighted by molar-refractivity contribution is 0.750. The third kappa shape index (κ3) is 3.22. The number of H-pyrrole nitrogens is 1. The number of aromatic nitrogens is 3. The van der Waals surface area contributed by atoms with E-state index in [0.717, 1.165) is 23.1 Å². The summed E-state index contributed by atoms with van der Waals surface area (Å²) >= 11 is 3.42. The Morgan fingerprint density at radius 1 is 1.24 bits per heavy atom. The summed E-state index contributed by atoms with van der Waals surface area (Å²) in [5.74, 6) is 1.08. The van der Waals surface area contributed by atoms with E-state index in [9.17, 15) is 4.79 Å². The van der Waals surface area contributed by atoms with Gasteiger partial charge in [-0.05, 0) is 36.8 Å². The quantitative estimate of drug-likeness (QED) is 0.623. The van der Waals surface area contributed by atoms with Crippen LogP contribution in [0.25, 0.3) is 10.9 Å². The molecule has 0 aliphatic carbocycles. The smallest absolute Gasteiger partial charge is 0.261 e. The molecule has 7 nitrogen and oxygen atoms in total. The number of pyridine rings is 1. The number of nitrogens with one attached hydrogen (secondary N) is 2. The second kappa shape index (κ2) is 6.45. The summed E-state index contributed by atoms with van der Waals surface area (Å²) in [5.41, 5.74) is 7.23. The average molecular weight is 401 g/mol. The van der Waals surface area contributed by atoms with Gasteiger partial charge in [-0.25, -0.2) is 4.98 Å². The summed E-state index contributed by atoms with van der Waals surface area (Å²) in [6.07, 6.45) is 2.51. The second-order valence-electron chi connectivity index (χ2n) is 6.07. The van der Waals surface area contributed by atoms with Crippen LogP contribution in [0.5, 0.6) is 0 Å². The number of rotatable bonds is 3. The van der Waals surface area contributed by atoms with Crippen molar-refractivity contribution in [3.8, 4) is 0 Å². The average Bonchev–Trinajstić information content (AvgIpc) is 3.03. The number of benzene rings is 1. The zero-order valence-corrected chi connectivity index (χ0v) is 15.0. The maximum absolute atomic E-state index is 12.3. The summed E-state index contributed by atoms with van der Waals surface area (Å²) in [4.78, 5) is 26.2. The van der Waals surface area contributed by atoms with Crippen LogP contribution in [0.2, 0.25) is 0 Å². The van der Waals surface area contributed by atoms with Crippen molar-refractivity contribution in [1.29, 1.82) is 0 Å². The molecule has 3 heterocycles. The Balaban J connectivity index is 1.82. The zero-order chi connectivity index (χ0) is 17.4. The van der Waals surface area contributed by atoms with Gasteiger partial charge in [0, 0.05) is 35.5 Å². The van der Waals surface area contributed by atoms with Gasteiger partial charge in [-0.1, -0.05) is 15.9 Å². The Morgan fingerprint density at radius 3 is 2.76 bits per heavy atom. The lowest BCUT2D eigenvalue weighted by Gasteiger charge is -2.18. The maximum Gasteiger partial charge on any atom is 0.261 e. The van der Waals surface area contributed by atoms with Crippen molar-refractivity contribution in [1.82, 2.24) is 15.0 Å². The number of aromatic amines is 1. The van der Waals surface area contributed by atoms with Crippen LogP contribution < -0.4 is 21.5 Å². The number of hydrogen-bond donors (Lipinski definition) is 3. The topological polar surface area (TPSA) is 99.9 Å². The molecule has 1 unspecified atom stereocenters. The van der Waals surface area contributed by atoms with Crippen LogP contribution in [0, 0.1) is 0 Å². The van der Waals surface area contributed by atoms with Gasteiger partial charge in [-0.3, -0.25) is 4.79 Å². The monoisotopic (exact) mass is 400 g/mol. The summed E-state index contributed by atoms with van der Waals surface area (Å²) < 4.78 is 0.982. The summed E-state index contributed by atoms with van der Waals surface area (Å²) in [6, 6.07) is 9.60. The van der Waals surface area contributed by atoms with Crippen LogP contribution in [0.15, 0.2) is 45.8 Å². The Morgan fingerprint density at radius 2 is 2.04 bits per heavy atom. The van der Waals surface area contributed by atoms with Crippen LogP contribution in [0.3, 0.4) is 0 Å². The standard InChI is InChI=1S/C17H17BrN6O/c18-10-1-3-12(4-2-10)21-15-14-13(5-7-20-16(14)25)22-17(23-15)24-8-6-11(19)9-24/h1-5,7,11H,6,8-9,19H2,(H,20,25)(H,21,22,23). The van der Waals surface area contributed by atoms with Crippen molar-refractivity contribution < 1.29 is 0 Å². The third-order valence-corrected chi connectivity index (χ3v) is 4.75. The van der Waals surface area contributed by atoms with Crippen molar-refractivity contribution in [2.45, 2.75) is 12.5 Å². The van der Waals surface area contributed by atoms with E-state index in [-0.39, 0.29) is 11.6 Å². The number of nitrogens with zero attached hydrogens (tertiary/aromatic N) is 3. The molecule has 1 fully saturated rings. The zero-order valence-electron chi connectivity index (χ0n) is 13.4. The van der Waals surface area contributed by atoms with Gasteiger partial charge in [0.25, 0.3) is 5.56 Å². The van der Waals surface area contributed by atoms with Crippen molar-refractivity contribution >= 4 is 44.3 Å². The minimum atomic E-state index is -0.221. The van der Waals surface area contributed by atoms with Gasteiger partial charge in [0.15, 0.2) is 0 Å². The van der Waals surface area contributed by atoms with Gasteiger partial charge in [0.2, 0.25) is 5.95 Å². The van der Waals surface area contributed by atoms with E-state index in [1.54, 1.807) is 12.3 Å². The van der Waals surface area contributed by atoms with Gasteiger partial charge >= 0.3 is 0 Å². The number of anilines is 3. The van der Waals surface area contributed by atoms with Gasteiger partial charge in [0.05, 0.1) is 5.52 Å². The first-order chi connectivity index (χ1) is 12.1. The maximum atomic E-state index is 12.3. The molecule has 1 aromatic carbocycles. The van der Waals surface area contributed by atoms with Crippen LogP contribution >= 0.6 is 15.9 Å². The van der Waals surface area contributed by atoms with Crippen molar-refractivity contribution in [3.63, 3.8) is 0 Å². The minimum absolute atomic E-state index is 0.126. The van der Waals surface area contributed by atoms with E-state index in [1.165, 1.54) is 0 Å². The minimum Gasteiger partial charge on any atom is -0.339 e. The summed E-state index contributed by atoms with van der Waals surface area (Å²) in [7, 11) is 0. The second-order valence-corrected chi connectivity index (χ2v) is 6.98. The highest BCUT2D eigenvalue weighted by molar-refractivity contribution is 9.10. The molecular weight excluding hydrogens is 384 g/mol. The van der Waals surface area contributed by atoms with Crippen molar-refractivity contribution in [2.24, 2.45) is 5.73 Å². The predicted molar refractivity (Wildman–Crippen MR) is 102 cm³/mol. The highest BCUT2D eigenvalue weighted by atomic mass is 79.9. The molecule has 1 atom stereocenters. The molecule has 1 saturated heterocycles. The molecule has 0 spiro atoms. The highest BCUT2D eigenvalue weighted by Gasteiger charge is 2.23. The molecule has 3 aromatic rings. The predicted octanol–water partition coefficient (Wildman–Crippen LogP) is 2.36. The molecule has 128 valence electrons. The normalized spacial score (nSPS) is 17.2. The highest BCUT2D eigenvalue weighted by Crippen LogP contribution is 2.26. The first kappa shape index (κ1) is 16.0. The van der Waals surface area contributed by atoms with E-state index in [2.05, 4.69) is 41.1 Å². The fourth-order valence-electron chi connectivity index (χ4n) is 2.95. The fraction of sp³-hybridized carbons (Fsp3) is 0.235. The molecule has 2 aromatic heterocycles. The molecule has 0 amide bonds. The van der Waals surface area contributed by atoms with Gasteiger partial charge < -0.3 is 20.9 Å². The van der Waals surface area contributed by atoms with Crippen LogP contribution in [0.1, 0.15) is 6.42 Å². The fourth-order valence-corrected chi connectivity index (χ4v) is 3.21. The number of halogens is 1. The molecule has 4 N–H and O–H groups in total. The van der Waals surface area contributed by atoms with Crippen LogP contribution in [-0.4, -0.2) is 34.1 Å². The largest absolute Gasteiger partial charge is 0.339 e. The van der Waals surface area contributed by atoms with Crippen molar-refractivity contribution in [3.05, 3.63) is 51.4 Å². The SMILES string of the molecule is NC1CCN(c2nc(Nc3ccc(Br)cc3)c3c(=O)[nH]ccc3n2)C1. The van der Waals surface area contributed by atoms with E-state index in [0.29, 0.717) is 29.2 Å². The van der Waals surface area contributed by atoms with Crippen molar-refractivity contribution in [2.75, 3.05) is 23.3 Å². The van der Waals surface area contributed by atoms with Gasteiger partial charge in [0.1, 0.15) is 11.2 Å². The molecule has 0 saturated carbocycles. The Bertz CT molecular complexity index is 971. The lowest BCUT2D eigenvalue weighted by Crippen LogP contribution is -2.28. The molecule has 1 aliphatic rings.